The van der Waals surface area contributed by atoms with Crippen LogP contribution in [0.2, 0.25) is 0 Å². The maximum absolute atomic E-state index is 12.2. The van der Waals surface area contributed by atoms with Crippen LogP contribution in [0.5, 0.6) is 0 Å². The fraction of sp³-hybridized carbons (Fsp3) is 0.600. The monoisotopic (exact) mass is 279 g/mol. The van der Waals surface area contributed by atoms with Gasteiger partial charge in [-0.2, -0.15) is 0 Å². The predicted octanol–water partition coefficient (Wildman–Crippen LogP) is 3.36. The van der Waals surface area contributed by atoms with E-state index in [-0.39, 0.29) is 11.7 Å². The molecule has 1 aliphatic heterocycles. The Labute approximate surface area is 118 Å². The molecule has 0 N–H and O–H groups in total. The molecule has 0 spiro atoms. The molecule has 19 heavy (non-hydrogen) atoms. The van der Waals surface area contributed by atoms with Gasteiger partial charge in [0, 0.05) is 25.4 Å². The molecule has 2 rings (SSSR count). The molecule has 1 aromatic heterocycles. The molecule has 0 saturated carbocycles. The van der Waals surface area contributed by atoms with Crippen molar-refractivity contribution in [3.05, 3.63) is 22.4 Å². The van der Waals surface area contributed by atoms with E-state index >= 15 is 0 Å². The Morgan fingerprint density at radius 1 is 1.42 bits per heavy atom. The van der Waals surface area contributed by atoms with Gasteiger partial charge in [0.05, 0.1) is 4.88 Å². The van der Waals surface area contributed by atoms with Crippen LogP contribution in [0.15, 0.2) is 17.5 Å². The summed E-state index contributed by atoms with van der Waals surface area (Å²) in [7, 11) is 0. The highest BCUT2D eigenvalue weighted by atomic mass is 32.1. The molecule has 1 aromatic rings. The van der Waals surface area contributed by atoms with E-state index in [1.807, 2.05) is 22.4 Å². The summed E-state index contributed by atoms with van der Waals surface area (Å²) in [4.78, 5) is 26.8. The van der Waals surface area contributed by atoms with Crippen molar-refractivity contribution in [1.82, 2.24) is 4.90 Å². The van der Waals surface area contributed by atoms with Crippen molar-refractivity contribution in [1.29, 1.82) is 0 Å². The fourth-order valence-electron chi connectivity index (χ4n) is 2.72. The number of hydrogen-bond acceptors (Lipinski definition) is 3. The van der Waals surface area contributed by atoms with Gasteiger partial charge >= 0.3 is 0 Å². The summed E-state index contributed by atoms with van der Waals surface area (Å²) in [5, 5.41) is 1.89. The Balaban J connectivity index is 1.86. The van der Waals surface area contributed by atoms with Gasteiger partial charge < -0.3 is 4.90 Å². The van der Waals surface area contributed by atoms with Crippen LogP contribution in [0, 0.1) is 5.92 Å². The highest BCUT2D eigenvalue weighted by molar-refractivity contribution is 7.12. The van der Waals surface area contributed by atoms with Gasteiger partial charge in [-0.15, -0.1) is 11.3 Å². The fourth-order valence-corrected chi connectivity index (χ4v) is 3.41. The van der Waals surface area contributed by atoms with E-state index < -0.39 is 0 Å². The minimum atomic E-state index is 0.0867. The van der Waals surface area contributed by atoms with Crippen molar-refractivity contribution in [3.8, 4) is 0 Å². The first-order valence-corrected chi connectivity index (χ1v) is 7.83. The lowest BCUT2D eigenvalue weighted by molar-refractivity contribution is -0.132. The van der Waals surface area contributed by atoms with Gasteiger partial charge in [0.25, 0.3) is 0 Å². The van der Waals surface area contributed by atoms with E-state index in [0.29, 0.717) is 24.8 Å². The van der Waals surface area contributed by atoms with E-state index in [1.54, 1.807) is 0 Å². The lowest BCUT2D eigenvalue weighted by Gasteiger charge is -2.27. The van der Waals surface area contributed by atoms with E-state index in [2.05, 4.69) is 13.8 Å². The van der Waals surface area contributed by atoms with Gasteiger partial charge in [-0.1, -0.05) is 19.9 Å². The standard InChI is InChI=1S/C15H21NO2S/c1-11(2)12-5-3-9-16(12)15(18)8-7-13(17)14-6-4-10-19-14/h4,6,10-12H,3,5,7-9H2,1-2H3/t12-/m0/s1. The molecule has 1 saturated heterocycles. The number of carbonyl (C=O) groups excluding carboxylic acids is 2. The molecule has 104 valence electrons. The molecule has 1 atom stereocenters. The zero-order chi connectivity index (χ0) is 13.8. The average Bonchev–Trinajstić information content (AvgIpc) is 3.04. The van der Waals surface area contributed by atoms with Crippen LogP contribution in [0.1, 0.15) is 49.2 Å². The molecular weight excluding hydrogens is 258 g/mol. The first-order chi connectivity index (χ1) is 9.09. The number of rotatable bonds is 5. The molecule has 0 radical (unpaired) electrons. The number of amides is 1. The van der Waals surface area contributed by atoms with Gasteiger partial charge in [-0.05, 0) is 30.2 Å². The summed E-state index contributed by atoms with van der Waals surface area (Å²) < 4.78 is 0. The van der Waals surface area contributed by atoms with Crippen LogP contribution in [-0.2, 0) is 4.79 Å². The SMILES string of the molecule is CC(C)[C@@H]1CCCN1C(=O)CCC(=O)c1cccs1. The molecule has 0 bridgehead atoms. The first-order valence-electron chi connectivity index (χ1n) is 6.95. The molecule has 0 unspecified atom stereocenters. The van der Waals surface area contributed by atoms with E-state index in [9.17, 15) is 9.59 Å². The van der Waals surface area contributed by atoms with E-state index in [4.69, 9.17) is 0 Å². The van der Waals surface area contributed by atoms with E-state index in [1.165, 1.54) is 11.3 Å². The summed E-state index contributed by atoms with van der Waals surface area (Å²) in [5.74, 6) is 0.726. The third-order valence-electron chi connectivity index (χ3n) is 3.75. The number of Topliss-reactive ketones (excluding diaryl/α,β-unsaturated/α-hetero) is 1. The Bertz CT molecular complexity index is 439. The molecule has 3 nitrogen and oxygen atoms in total. The minimum absolute atomic E-state index is 0.0867. The quantitative estimate of drug-likeness (QED) is 0.775. The Morgan fingerprint density at radius 3 is 2.84 bits per heavy atom. The number of ketones is 1. The van der Waals surface area contributed by atoms with Crippen molar-refractivity contribution < 1.29 is 9.59 Å². The lowest BCUT2D eigenvalue weighted by Crippen LogP contribution is -2.38. The summed E-state index contributed by atoms with van der Waals surface area (Å²) >= 11 is 1.45. The van der Waals surface area contributed by atoms with Gasteiger partial charge in [-0.3, -0.25) is 9.59 Å². The summed E-state index contributed by atoms with van der Waals surface area (Å²) in [6.45, 7) is 5.18. The molecule has 1 amide bonds. The normalized spacial score (nSPS) is 19.1. The molecule has 0 aromatic carbocycles. The number of likely N-dealkylation sites (tertiary alicyclic amines) is 1. The van der Waals surface area contributed by atoms with Crippen molar-refractivity contribution in [2.45, 2.75) is 45.6 Å². The molecular formula is C15H21NO2S. The Kier molecular flexibility index (Phi) is 4.75. The minimum Gasteiger partial charge on any atom is -0.339 e. The van der Waals surface area contributed by atoms with Gasteiger partial charge in [-0.25, -0.2) is 0 Å². The van der Waals surface area contributed by atoms with Crippen LogP contribution in [0.25, 0.3) is 0 Å². The molecule has 4 heteroatoms. The Hall–Kier alpha value is -1.16. The molecule has 0 aliphatic carbocycles. The topological polar surface area (TPSA) is 37.4 Å². The third-order valence-corrected chi connectivity index (χ3v) is 4.66. The van der Waals surface area contributed by atoms with Crippen molar-refractivity contribution in [3.63, 3.8) is 0 Å². The lowest BCUT2D eigenvalue weighted by atomic mass is 10.0. The van der Waals surface area contributed by atoms with Crippen molar-refractivity contribution >= 4 is 23.0 Å². The van der Waals surface area contributed by atoms with Crippen LogP contribution < -0.4 is 0 Å². The predicted molar refractivity (Wildman–Crippen MR) is 77.5 cm³/mol. The second kappa shape index (κ2) is 6.33. The second-order valence-corrected chi connectivity index (χ2v) is 6.39. The zero-order valence-electron chi connectivity index (χ0n) is 11.6. The van der Waals surface area contributed by atoms with Crippen LogP contribution >= 0.6 is 11.3 Å². The summed E-state index contributed by atoms with van der Waals surface area (Å²) in [6, 6.07) is 4.06. The number of nitrogens with zero attached hydrogens (tertiary/aromatic N) is 1. The number of thiophene rings is 1. The third kappa shape index (κ3) is 3.44. The van der Waals surface area contributed by atoms with Crippen molar-refractivity contribution in [2.75, 3.05) is 6.54 Å². The number of carbonyl (C=O) groups is 2. The van der Waals surface area contributed by atoms with Gasteiger partial charge in [0.15, 0.2) is 5.78 Å². The Morgan fingerprint density at radius 2 is 2.21 bits per heavy atom. The second-order valence-electron chi connectivity index (χ2n) is 5.44. The molecule has 1 fully saturated rings. The van der Waals surface area contributed by atoms with Crippen molar-refractivity contribution in [2.24, 2.45) is 5.92 Å². The van der Waals surface area contributed by atoms with Crippen LogP contribution in [0.3, 0.4) is 0 Å². The number of hydrogen-bond donors (Lipinski definition) is 0. The highest BCUT2D eigenvalue weighted by Gasteiger charge is 2.30. The largest absolute Gasteiger partial charge is 0.339 e. The molecule has 2 heterocycles. The van der Waals surface area contributed by atoms with E-state index in [0.717, 1.165) is 24.3 Å². The molecule has 1 aliphatic rings. The highest BCUT2D eigenvalue weighted by Crippen LogP contribution is 2.25. The maximum atomic E-state index is 12.2. The summed E-state index contributed by atoms with van der Waals surface area (Å²) in [5.41, 5.74) is 0. The van der Waals surface area contributed by atoms with Gasteiger partial charge in [0.2, 0.25) is 5.91 Å². The van der Waals surface area contributed by atoms with Crippen LogP contribution in [0.4, 0.5) is 0 Å². The smallest absolute Gasteiger partial charge is 0.223 e. The van der Waals surface area contributed by atoms with Crippen LogP contribution in [-0.4, -0.2) is 29.2 Å². The maximum Gasteiger partial charge on any atom is 0.223 e. The average molecular weight is 279 g/mol. The first kappa shape index (κ1) is 14.3. The zero-order valence-corrected chi connectivity index (χ0v) is 12.4. The van der Waals surface area contributed by atoms with Gasteiger partial charge in [0.1, 0.15) is 0 Å². The summed E-state index contributed by atoms with van der Waals surface area (Å²) in [6.07, 6.45) is 2.87.